The number of aromatic nitrogens is 1. The average molecular weight is 509 g/mol. The van der Waals surface area contributed by atoms with Crippen LogP contribution in [0, 0.1) is 37.8 Å². The highest BCUT2D eigenvalue weighted by atomic mass is 35.5. The molecular formula is C25H21ClN4O4S. The van der Waals surface area contributed by atoms with E-state index in [9.17, 15) is 19.7 Å². The normalized spacial score (nSPS) is 15.1. The fraction of sp³-hybridized carbons (Fsp3) is 0.160. The molecule has 1 aromatic heterocycles. The Balaban J connectivity index is 1.78. The van der Waals surface area contributed by atoms with Gasteiger partial charge in [0.25, 0.3) is 17.5 Å². The molecule has 0 atom stereocenters. The van der Waals surface area contributed by atoms with Crippen LogP contribution in [0.4, 0.5) is 11.4 Å². The molecule has 1 aliphatic heterocycles. The zero-order valence-corrected chi connectivity index (χ0v) is 21.0. The molecule has 0 unspecified atom stereocenters. The Morgan fingerprint density at radius 2 is 1.66 bits per heavy atom. The summed E-state index contributed by atoms with van der Waals surface area (Å²) in [4.78, 5) is 38.3. The summed E-state index contributed by atoms with van der Waals surface area (Å²) in [6.45, 7) is 7.18. The van der Waals surface area contributed by atoms with Gasteiger partial charge in [-0.05, 0) is 81.4 Å². The second-order valence-electron chi connectivity index (χ2n) is 8.28. The van der Waals surface area contributed by atoms with Gasteiger partial charge in [-0.15, -0.1) is 0 Å². The number of thiocarbonyl (C=S) groups is 1. The maximum atomic E-state index is 13.4. The first kappa shape index (κ1) is 24.3. The lowest BCUT2D eigenvalue weighted by atomic mass is 10.1. The molecule has 1 N–H and O–H groups in total. The first-order valence-electron chi connectivity index (χ1n) is 10.6. The van der Waals surface area contributed by atoms with Gasteiger partial charge in [0.15, 0.2) is 5.11 Å². The van der Waals surface area contributed by atoms with Gasteiger partial charge in [0, 0.05) is 28.0 Å². The number of carbonyl (C=O) groups excluding carboxylic acids is 2. The summed E-state index contributed by atoms with van der Waals surface area (Å²) in [5.74, 6) is -1.18. The van der Waals surface area contributed by atoms with Crippen molar-refractivity contribution in [3.05, 3.63) is 91.3 Å². The van der Waals surface area contributed by atoms with Crippen LogP contribution in [0.2, 0.25) is 5.02 Å². The number of nitrogens with zero attached hydrogens (tertiary/aromatic N) is 3. The minimum atomic E-state index is -0.606. The Bertz CT molecular complexity index is 1470. The predicted octanol–water partition coefficient (Wildman–Crippen LogP) is 5.10. The first-order valence-corrected chi connectivity index (χ1v) is 11.4. The van der Waals surface area contributed by atoms with Crippen molar-refractivity contribution in [3.8, 4) is 5.69 Å². The molecule has 2 heterocycles. The fourth-order valence-corrected chi connectivity index (χ4v) is 4.49. The third-order valence-electron chi connectivity index (χ3n) is 5.93. The lowest BCUT2D eigenvalue weighted by Gasteiger charge is -2.29. The standard InChI is InChI=1S/C25H21ClN4O4S/c1-13-5-7-18(11-21(13)26)29-24(32)20(23(31)27-25(29)35)10-17-9-15(3)28(16(17)4)19-8-6-14(2)22(12-19)30(33)34/h5-12H,1-4H3,(H,27,31,35)/b20-10+. The Morgan fingerprint density at radius 3 is 2.31 bits per heavy atom. The number of hydrogen-bond donors (Lipinski definition) is 1. The number of amides is 2. The number of carbonyl (C=O) groups is 2. The van der Waals surface area contributed by atoms with Gasteiger partial charge < -0.3 is 4.57 Å². The third kappa shape index (κ3) is 4.36. The Labute approximate surface area is 212 Å². The molecule has 178 valence electrons. The number of benzene rings is 2. The topological polar surface area (TPSA) is 97.5 Å². The Morgan fingerprint density at radius 1 is 1.00 bits per heavy atom. The SMILES string of the molecule is Cc1ccc(N2C(=O)/C(=C/c3cc(C)n(-c4ccc(C)c([N+](=O)[O-])c4)c3C)C(=O)NC2=S)cc1Cl. The van der Waals surface area contributed by atoms with Crippen LogP contribution in [0.5, 0.6) is 0 Å². The van der Waals surface area contributed by atoms with E-state index in [0.717, 1.165) is 11.3 Å². The predicted molar refractivity (Wildman–Crippen MR) is 139 cm³/mol. The highest BCUT2D eigenvalue weighted by molar-refractivity contribution is 7.80. The van der Waals surface area contributed by atoms with Crippen molar-refractivity contribution in [1.82, 2.24) is 9.88 Å². The van der Waals surface area contributed by atoms with Crippen LogP contribution in [0.25, 0.3) is 11.8 Å². The van der Waals surface area contributed by atoms with E-state index >= 15 is 0 Å². The van der Waals surface area contributed by atoms with Gasteiger partial charge >= 0.3 is 0 Å². The van der Waals surface area contributed by atoms with Crippen molar-refractivity contribution in [2.24, 2.45) is 0 Å². The molecule has 2 aromatic carbocycles. The van der Waals surface area contributed by atoms with Crippen molar-refractivity contribution in [1.29, 1.82) is 0 Å². The van der Waals surface area contributed by atoms with Crippen molar-refractivity contribution < 1.29 is 14.5 Å². The largest absolute Gasteiger partial charge is 0.318 e. The lowest BCUT2D eigenvalue weighted by Crippen LogP contribution is -2.54. The smallest absolute Gasteiger partial charge is 0.274 e. The number of nitro groups is 1. The van der Waals surface area contributed by atoms with Gasteiger partial charge in [-0.1, -0.05) is 23.7 Å². The molecule has 0 radical (unpaired) electrons. The van der Waals surface area contributed by atoms with E-state index in [2.05, 4.69) is 5.32 Å². The molecule has 1 saturated heterocycles. The summed E-state index contributed by atoms with van der Waals surface area (Å²) < 4.78 is 1.84. The molecule has 1 fully saturated rings. The summed E-state index contributed by atoms with van der Waals surface area (Å²) in [6.07, 6.45) is 1.50. The number of halogens is 1. The molecule has 4 rings (SSSR count). The second kappa shape index (κ2) is 9.09. The lowest BCUT2D eigenvalue weighted by molar-refractivity contribution is -0.385. The van der Waals surface area contributed by atoms with Gasteiger partial charge in [0.1, 0.15) is 5.57 Å². The summed E-state index contributed by atoms with van der Waals surface area (Å²) in [6, 6.07) is 11.9. The van der Waals surface area contributed by atoms with Crippen LogP contribution in [-0.4, -0.2) is 26.4 Å². The highest BCUT2D eigenvalue weighted by Gasteiger charge is 2.35. The van der Waals surface area contributed by atoms with Crippen molar-refractivity contribution in [2.75, 3.05) is 4.90 Å². The zero-order valence-electron chi connectivity index (χ0n) is 19.4. The van der Waals surface area contributed by atoms with Gasteiger partial charge in [-0.25, -0.2) is 0 Å². The number of anilines is 1. The molecule has 8 nitrogen and oxygen atoms in total. The van der Waals surface area contributed by atoms with Crippen LogP contribution >= 0.6 is 23.8 Å². The van der Waals surface area contributed by atoms with Crippen LogP contribution in [0.3, 0.4) is 0 Å². The van der Waals surface area contributed by atoms with E-state index in [1.807, 2.05) is 31.4 Å². The number of nitrogens with one attached hydrogen (secondary N) is 1. The van der Waals surface area contributed by atoms with E-state index in [1.54, 1.807) is 37.3 Å². The molecular weight excluding hydrogens is 488 g/mol. The van der Waals surface area contributed by atoms with Crippen LogP contribution in [0.15, 0.2) is 48.0 Å². The zero-order chi connectivity index (χ0) is 25.6. The Kier molecular flexibility index (Phi) is 6.31. The van der Waals surface area contributed by atoms with Crippen molar-refractivity contribution in [2.45, 2.75) is 27.7 Å². The molecule has 10 heteroatoms. The fourth-order valence-electron chi connectivity index (χ4n) is 4.03. The quantitative estimate of drug-likeness (QED) is 0.174. The molecule has 35 heavy (non-hydrogen) atoms. The van der Waals surface area contributed by atoms with Crippen molar-refractivity contribution in [3.63, 3.8) is 0 Å². The Hall–Kier alpha value is -3.82. The van der Waals surface area contributed by atoms with E-state index in [0.29, 0.717) is 33.2 Å². The molecule has 3 aromatic rings. The number of nitro benzene ring substituents is 1. The number of hydrogen-bond acceptors (Lipinski definition) is 5. The molecule has 2 amide bonds. The summed E-state index contributed by atoms with van der Waals surface area (Å²) >= 11 is 11.5. The minimum absolute atomic E-state index is 0.0117. The first-order chi connectivity index (χ1) is 16.5. The monoisotopic (exact) mass is 508 g/mol. The van der Waals surface area contributed by atoms with Crippen LogP contribution in [0.1, 0.15) is 28.1 Å². The molecule has 0 bridgehead atoms. The molecule has 0 saturated carbocycles. The third-order valence-corrected chi connectivity index (χ3v) is 6.62. The van der Waals surface area contributed by atoms with E-state index < -0.39 is 16.7 Å². The maximum absolute atomic E-state index is 13.4. The molecule has 1 aliphatic rings. The van der Waals surface area contributed by atoms with E-state index in [1.165, 1.54) is 17.0 Å². The highest BCUT2D eigenvalue weighted by Crippen LogP contribution is 2.30. The van der Waals surface area contributed by atoms with Crippen LogP contribution < -0.4 is 10.2 Å². The van der Waals surface area contributed by atoms with Gasteiger partial charge in [-0.3, -0.25) is 29.9 Å². The minimum Gasteiger partial charge on any atom is -0.318 e. The van der Waals surface area contributed by atoms with Gasteiger partial charge in [-0.2, -0.15) is 0 Å². The van der Waals surface area contributed by atoms with E-state index in [-0.39, 0.29) is 16.4 Å². The summed E-state index contributed by atoms with van der Waals surface area (Å²) in [5, 5.41) is 14.4. The maximum Gasteiger partial charge on any atom is 0.274 e. The second-order valence-corrected chi connectivity index (χ2v) is 9.08. The van der Waals surface area contributed by atoms with E-state index in [4.69, 9.17) is 23.8 Å². The number of aryl methyl sites for hydroxylation is 3. The summed E-state index contributed by atoms with van der Waals surface area (Å²) in [5.41, 5.74) is 4.50. The number of rotatable bonds is 4. The van der Waals surface area contributed by atoms with Crippen LogP contribution in [-0.2, 0) is 9.59 Å². The molecule has 0 aliphatic carbocycles. The summed E-state index contributed by atoms with van der Waals surface area (Å²) in [7, 11) is 0. The van der Waals surface area contributed by atoms with Gasteiger partial charge in [0.05, 0.1) is 16.3 Å². The van der Waals surface area contributed by atoms with Gasteiger partial charge in [0.2, 0.25) is 0 Å². The average Bonchev–Trinajstić information content (AvgIpc) is 3.06. The van der Waals surface area contributed by atoms with Crippen molar-refractivity contribution >= 4 is 58.2 Å². The molecule has 0 spiro atoms.